The maximum atomic E-state index is 10.4. The van der Waals surface area contributed by atoms with Crippen molar-refractivity contribution < 1.29 is 19.7 Å². The molecule has 0 unspecified atom stereocenters. The number of rotatable bonds is 4. The van der Waals surface area contributed by atoms with Gasteiger partial charge in [-0.25, -0.2) is 0 Å². The number of hydrogen-bond donors (Lipinski definition) is 3. The first-order chi connectivity index (χ1) is 13.2. The van der Waals surface area contributed by atoms with Crippen LogP contribution in [0.5, 0.6) is 11.5 Å². The van der Waals surface area contributed by atoms with Gasteiger partial charge >= 0.3 is 0 Å². The second-order valence-electron chi connectivity index (χ2n) is 7.13. The van der Waals surface area contributed by atoms with Gasteiger partial charge in [0.05, 0.1) is 25.9 Å². The van der Waals surface area contributed by atoms with E-state index in [-0.39, 0.29) is 11.8 Å². The van der Waals surface area contributed by atoms with Crippen molar-refractivity contribution in [2.24, 2.45) is 0 Å². The van der Waals surface area contributed by atoms with Gasteiger partial charge in [-0.15, -0.1) is 10.2 Å². The Kier molecular flexibility index (Phi) is 5.13. The molecule has 1 aromatic carbocycles. The lowest BCUT2D eigenvalue weighted by atomic mass is 9.88. The minimum atomic E-state index is -0.551. The monoisotopic (exact) mass is 371 g/mol. The smallest absolute Gasteiger partial charge is 0.152 e. The third kappa shape index (κ3) is 3.57. The molecule has 1 aromatic heterocycles. The molecule has 7 nitrogen and oxygen atoms in total. The van der Waals surface area contributed by atoms with E-state index in [4.69, 9.17) is 9.47 Å². The number of benzene rings is 1. The summed E-state index contributed by atoms with van der Waals surface area (Å²) < 4.78 is 10.5. The molecule has 4 rings (SSSR count). The fourth-order valence-electron chi connectivity index (χ4n) is 3.89. The molecule has 144 valence electrons. The fraction of sp³-hybridized carbons (Fsp3) is 0.500. The molecule has 1 aliphatic carbocycles. The number of ether oxygens (including phenoxy) is 2. The first-order valence-corrected chi connectivity index (χ1v) is 9.45. The lowest BCUT2D eigenvalue weighted by molar-refractivity contribution is -0.0135. The maximum Gasteiger partial charge on any atom is 0.152 e. The second kappa shape index (κ2) is 7.70. The fourth-order valence-corrected chi connectivity index (χ4v) is 3.89. The van der Waals surface area contributed by atoms with Gasteiger partial charge in [0.1, 0.15) is 17.2 Å². The summed E-state index contributed by atoms with van der Waals surface area (Å²) in [6.07, 6.45) is 4.18. The van der Waals surface area contributed by atoms with Crippen molar-refractivity contribution in [3.05, 3.63) is 29.3 Å². The van der Waals surface area contributed by atoms with E-state index in [0.29, 0.717) is 24.5 Å². The van der Waals surface area contributed by atoms with Crippen LogP contribution in [0, 0.1) is 0 Å². The Labute approximate surface area is 158 Å². The number of nitrogens with one attached hydrogen (secondary N) is 1. The number of methoxy groups -OCH3 is 1. The Hall–Kier alpha value is -2.38. The average Bonchev–Trinajstić information content (AvgIpc) is 2.70. The lowest BCUT2D eigenvalue weighted by Gasteiger charge is -2.30. The molecule has 1 aliphatic heterocycles. The summed E-state index contributed by atoms with van der Waals surface area (Å²) >= 11 is 0. The molecule has 7 heteroatoms. The number of fused-ring (bicyclic) bond motifs is 1. The Bertz CT molecular complexity index is 827. The first kappa shape index (κ1) is 18.0. The highest BCUT2D eigenvalue weighted by molar-refractivity contribution is 5.73. The predicted molar refractivity (Wildman–Crippen MR) is 101 cm³/mol. The van der Waals surface area contributed by atoms with E-state index in [1.165, 1.54) is 0 Å². The Balaban J connectivity index is 1.71. The van der Waals surface area contributed by atoms with Crippen LogP contribution in [0.1, 0.15) is 30.4 Å². The molecule has 0 bridgehead atoms. The van der Waals surface area contributed by atoms with Crippen LogP contribution < -0.4 is 10.1 Å². The summed E-state index contributed by atoms with van der Waals surface area (Å²) in [4.78, 5) is 0. The van der Waals surface area contributed by atoms with Crippen molar-refractivity contribution in [3.8, 4) is 22.8 Å². The van der Waals surface area contributed by atoms with Crippen LogP contribution in [0.2, 0.25) is 0 Å². The van der Waals surface area contributed by atoms with Crippen LogP contribution in [-0.4, -0.2) is 52.9 Å². The quantitative estimate of drug-likeness (QED) is 0.759. The van der Waals surface area contributed by atoms with Gasteiger partial charge in [-0.1, -0.05) is 0 Å². The zero-order valence-electron chi connectivity index (χ0n) is 15.4. The van der Waals surface area contributed by atoms with Gasteiger partial charge in [0.15, 0.2) is 5.82 Å². The molecule has 27 heavy (non-hydrogen) atoms. The molecule has 1 fully saturated rings. The molecule has 2 atom stereocenters. The molecule has 0 radical (unpaired) electrons. The standard InChI is InChI=1S/C20H25N3O4/c1-26-12-6-7-15(17(24)10-12)19-13-4-2-3-5-14(13)20(23-22-19)21-16-8-9-27-11-18(16)25/h6-7,10,16,18,24-25H,2-5,8-9,11H2,1H3,(H,21,23)/t16-,18-/m1/s1. The van der Waals surface area contributed by atoms with Crippen molar-refractivity contribution in [2.75, 3.05) is 25.6 Å². The zero-order valence-corrected chi connectivity index (χ0v) is 15.4. The minimum absolute atomic E-state index is 0.0840. The number of phenolic OH excluding ortho intramolecular Hbond substituents is 1. The van der Waals surface area contributed by atoms with E-state index in [2.05, 4.69) is 15.5 Å². The van der Waals surface area contributed by atoms with Gasteiger partial charge in [-0.05, 0) is 49.8 Å². The molecule has 3 N–H and O–H groups in total. The van der Waals surface area contributed by atoms with Crippen LogP contribution in [0.25, 0.3) is 11.3 Å². The number of aromatic hydroxyl groups is 1. The van der Waals surface area contributed by atoms with E-state index in [9.17, 15) is 10.2 Å². The van der Waals surface area contributed by atoms with Gasteiger partial charge in [0.25, 0.3) is 0 Å². The van der Waals surface area contributed by atoms with Crippen LogP contribution in [0.4, 0.5) is 5.82 Å². The summed E-state index contributed by atoms with van der Waals surface area (Å²) in [5.74, 6) is 1.48. The van der Waals surface area contributed by atoms with Crippen molar-refractivity contribution in [2.45, 2.75) is 44.2 Å². The van der Waals surface area contributed by atoms with Gasteiger partial charge in [-0.3, -0.25) is 0 Å². The van der Waals surface area contributed by atoms with Gasteiger partial charge in [0, 0.05) is 23.8 Å². The zero-order chi connectivity index (χ0) is 18.8. The highest BCUT2D eigenvalue weighted by Gasteiger charge is 2.27. The number of aliphatic hydroxyl groups is 1. The highest BCUT2D eigenvalue weighted by Crippen LogP contribution is 2.38. The summed E-state index contributed by atoms with van der Waals surface area (Å²) in [6.45, 7) is 0.966. The Morgan fingerprint density at radius 2 is 2.00 bits per heavy atom. The number of phenols is 1. The van der Waals surface area contributed by atoms with E-state index in [0.717, 1.165) is 54.7 Å². The van der Waals surface area contributed by atoms with E-state index in [1.807, 2.05) is 12.1 Å². The van der Waals surface area contributed by atoms with Crippen molar-refractivity contribution in [1.29, 1.82) is 0 Å². The van der Waals surface area contributed by atoms with Crippen LogP contribution in [0.3, 0.4) is 0 Å². The summed E-state index contributed by atoms with van der Waals surface area (Å²) in [5.41, 5.74) is 3.66. The van der Waals surface area contributed by atoms with Crippen LogP contribution in [0.15, 0.2) is 18.2 Å². The van der Waals surface area contributed by atoms with Gasteiger partial charge in [0.2, 0.25) is 0 Å². The van der Waals surface area contributed by atoms with Crippen molar-refractivity contribution in [3.63, 3.8) is 0 Å². The van der Waals surface area contributed by atoms with Crippen LogP contribution in [-0.2, 0) is 17.6 Å². The number of hydrogen-bond acceptors (Lipinski definition) is 7. The van der Waals surface area contributed by atoms with Gasteiger partial charge in [-0.2, -0.15) is 0 Å². The van der Waals surface area contributed by atoms with E-state index in [1.54, 1.807) is 13.2 Å². The minimum Gasteiger partial charge on any atom is -0.507 e. The highest BCUT2D eigenvalue weighted by atomic mass is 16.5. The molecule has 2 heterocycles. The number of aromatic nitrogens is 2. The van der Waals surface area contributed by atoms with E-state index < -0.39 is 6.10 Å². The molecular formula is C20H25N3O4. The number of aliphatic hydroxyl groups excluding tert-OH is 1. The SMILES string of the molecule is COc1ccc(-c2nnc(N[C@@H]3CCOC[C@H]3O)c3c2CCCC3)c(O)c1. The third-order valence-corrected chi connectivity index (χ3v) is 5.40. The summed E-state index contributed by atoms with van der Waals surface area (Å²) in [5, 5.41) is 32.9. The lowest BCUT2D eigenvalue weighted by Crippen LogP contribution is -2.42. The summed E-state index contributed by atoms with van der Waals surface area (Å²) in [6, 6.07) is 5.15. The Morgan fingerprint density at radius 1 is 1.19 bits per heavy atom. The van der Waals surface area contributed by atoms with Gasteiger partial charge < -0.3 is 25.0 Å². The second-order valence-corrected chi connectivity index (χ2v) is 7.13. The molecule has 2 aromatic rings. The third-order valence-electron chi connectivity index (χ3n) is 5.40. The van der Waals surface area contributed by atoms with E-state index >= 15 is 0 Å². The normalized spacial score (nSPS) is 22.1. The number of anilines is 1. The largest absolute Gasteiger partial charge is 0.507 e. The van der Waals surface area contributed by atoms with Crippen LogP contribution >= 0.6 is 0 Å². The molecule has 0 saturated carbocycles. The van der Waals surface area contributed by atoms with Crippen molar-refractivity contribution in [1.82, 2.24) is 10.2 Å². The molecule has 2 aliphatic rings. The molecule has 0 amide bonds. The first-order valence-electron chi connectivity index (χ1n) is 9.45. The summed E-state index contributed by atoms with van der Waals surface area (Å²) in [7, 11) is 1.57. The molecule has 1 saturated heterocycles. The molecule has 0 spiro atoms. The average molecular weight is 371 g/mol. The molecular weight excluding hydrogens is 346 g/mol. The Morgan fingerprint density at radius 3 is 2.74 bits per heavy atom. The predicted octanol–water partition coefficient (Wildman–Crippen LogP) is 2.30. The number of nitrogens with zero attached hydrogens (tertiary/aromatic N) is 2. The topological polar surface area (TPSA) is 96.7 Å². The van der Waals surface area contributed by atoms with Crippen molar-refractivity contribution >= 4 is 5.82 Å². The maximum absolute atomic E-state index is 10.4.